The Morgan fingerprint density at radius 2 is 2.31 bits per heavy atom. The molecule has 0 aliphatic carbocycles. The van der Waals surface area contributed by atoms with E-state index in [1.54, 1.807) is 13.1 Å². The summed E-state index contributed by atoms with van der Waals surface area (Å²) in [5.74, 6) is 0. The van der Waals surface area contributed by atoms with Gasteiger partial charge in [0.25, 0.3) is 5.69 Å². The van der Waals surface area contributed by atoms with Crippen molar-refractivity contribution in [3.63, 3.8) is 0 Å². The first-order chi connectivity index (χ1) is 5.65. The molecule has 1 rings (SSSR count). The van der Waals surface area contributed by atoms with Crippen molar-refractivity contribution in [1.29, 1.82) is 0 Å². The number of pyridine rings is 1. The molecule has 72 valence electrons. The molecule has 0 bridgehead atoms. The molecule has 0 saturated heterocycles. The van der Waals surface area contributed by atoms with Crippen LogP contribution in [0.4, 0.5) is 5.69 Å². The molecule has 0 atom stereocenters. The lowest BCUT2D eigenvalue weighted by molar-refractivity contribution is -0.386. The van der Waals surface area contributed by atoms with Gasteiger partial charge < -0.3 is 5.73 Å². The smallest absolute Gasteiger partial charge is 0.292 e. The molecule has 0 unspecified atom stereocenters. The highest BCUT2D eigenvalue weighted by molar-refractivity contribution is 5.85. The minimum Gasteiger partial charge on any atom is -0.325 e. The number of rotatable bonds is 2. The predicted octanol–water partition coefficient (Wildman–Crippen LogP) is 1.18. The minimum absolute atomic E-state index is 0. The summed E-state index contributed by atoms with van der Waals surface area (Å²) in [5.41, 5.74) is 6.36. The third-order valence-corrected chi connectivity index (χ3v) is 1.47. The van der Waals surface area contributed by atoms with Crippen LogP contribution >= 0.6 is 12.4 Å². The Balaban J connectivity index is 0.00000144. The zero-order valence-electron chi connectivity index (χ0n) is 7.06. The molecular weight excluding hydrogens is 194 g/mol. The van der Waals surface area contributed by atoms with Gasteiger partial charge in [-0.05, 0) is 12.5 Å². The molecule has 0 amide bonds. The van der Waals surface area contributed by atoms with Gasteiger partial charge in [0, 0.05) is 18.8 Å². The van der Waals surface area contributed by atoms with Crippen molar-refractivity contribution in [2.24, 2.45) is 5.73 Å². The third kappa shape index (κ3) is 2.64. The topological polar surface area (TPSA) is 82.0 Å². The van der Waals surface area contributed by atoms with Crippen LogP contribution in [-0.2, 0) is 6.54 Å². The molecule has 1 heterocycles. The fourth-order valence-corrected chi connectivity index (χ4v) is 0.897. The number of nitrogens with zero attached hydrogens (tertiary/aromatic N) is 2. The van der Waals surface area contributed by atoms with Crippen molar-refractivity contribution in [3.8, 4) is 0 Å². The fourth-order valence-electron chi connectivity index (χ4n) is 0.897. The van der Waals surface area contributed by atoms with Gasteiger partial charge in [0.2, 0.25) is 0 Å². The summed E-state index contributed by atoms with van der Waals surface area (Å²) in [7, 11) is 0. The van der Waals surface area contributed by atoms with Gasteiger partial charge in [-0.15, -0.1) is 12.4 Å². The standard InChI is InChI=1S/C7H9N3O2.ClH/c1-5-2-7(10(11)12)6(3-8)9-4-5;/h2,4H,3,8H2,1H3;1H. The lowest BCUT2D eigenvalue weighted by atomic mass is 10.2. The average molecular weight is 204 g/mol. The fraction of sp³-hybridized carbons (Fsp3) is 0.286. The molecule has 0 aliphatic heterocycles. The second kappa shape index (κ2) is 4.74. The maximum Gasteiger partial charge on any atom is 0.292 e. The Morgan fingerprint density at radius 1 is 1.69 bits per heavy atom. The molecule has 2 N–H and O–H groups in total. The molecule has 1 aromatic rings. The molecule has 0 saturated carbocycles. The number of aromatic nitrogens is 1. The van der Waals surface area contributed by atoms with E-state index in [0.717, 1.165) is 5.56 Å². The summed E-state index contributed by atoms with van der Waals surface area (Å²) in [4.78, 5) is 13.8. The quantitative estimate of drug-likeness (QED) is 0.578. The van der Waals surface area contributed by atoms with Gasteiger partial charge in [-0.3, -0.25) is 15.1 Å². The zero-order chi connectivity index (χ0) is 9.14. The lowest BCUT2D eigenvalue weighted by Crippen LogP contribution is -2.04. The van der Waals surface area contributed by atoms with E-state index in [0.29, 0.717) is 5.69 Å². The average Bonchev–Trinajstić information content (AvgIpc) is 2.04. The van der Waals surface area contributed by atoms with Crippen LogP contribution in [0.2, 0.25) is 0 Å². The van der Waals surface area contributed by atoms with E-state index in [4.69, 9.17) is 5.73 Å². The molecule has 1 aromatic heterocycles. The summed E-state index contributed by atoms with van der Waals surface area (Å²) in [6.07, 6.45) is 1.56. The van der Waals surface area contributed by atoms with E-state index >= 15 is 0 Å². The number of hydrogen-bond donors (Lipinski definition) is 1. The molecule has 0 aromatic carbocycles. The van der Waals surface area contributed by atoms with Gasteiger partial charge in [-0.2, -0.15) is 0 Å². The number of halogens is 1. The first-order valence-corrected chi connectivity index (χ1v) is 3.45. The van der Waals surface area contributed by atoms with Gasteiger partial charge >= 0.3 is 0 Å². The van der Waals surface area contributed by atoms with Crippen LogP contribution in [0.15, 0.2) is 12.3 Å². The Hall–Kier alpha value is -1.20. The van der Waals surface area contributed by atoms with Crippen molar-refractivity contribution in [1.82, 2.24) is 4.98 Å². The van der Waals surface area contributed by atoms with Crippen LogP contribution in [0, 0.1) is 17.0 Å². The second-order valence-electron chi connectivity index (χ2n) is 2.44. The largest absolute Gasteiger partial charge is 0.325 e. The van der Waals surface area contributed by atoms with E-state index in [2.05, 4.69) is 4.98 Å². The number of aryl methyl sites for hydroxylation is 1. The van der Waals surface area contributed by atoms with Crippen LogP contribution < -0.4 is 5.73 Å². The van der Waals surface area contributed by atoms with Crippen molar-refractivity contribution in [2.75, 3.05) is 0 Å². The Morgan fingerprint density at radius 3 is 2.77 bits per heavy atom. The number of nitrogens with two attached hydrogens (primary N) is 1. The minimum atomic E-state index is -0.470. The summed E-state index contributed by atoms with van der Waals surface area (Å²) in [5, 5.41) is 10.4. The molecule has 6 heteroatoms. The predicted molar refractivity (Wildman–Crippen MR) is 50.8 cm³/mol. The monoisotopic (exact) mass is 203 g/mol. The zero-order valence-corrected chi connectivity index (χ0v) is 7.87. The van der Waals surface area contributed by atoms with Crippen LogP contribution in [0.25, 0.3) is 0 Å². The molecular formula is C7H10ClN3O2. The first kappa shape index (κ1) is 11.8. The molecule has 0 spiro atoms. The van der Waals surface area contributed by atoms with Gasteiger partial charge in [0.1, 0.15) is 5.69 Å². The van der Waals surface area contributed by atoms with Crippen molar-refractivity contribution < 1.29 is 4.92 Å². The van der Waals surface area contributed by atoms with E-state index < -0.39 is 4.92 Å². The summed E-state index contributed by atoms with van der Waals surface area (Å²) in [6.45, 7) is 1.84. The van der Waals surface area contributed by atoms with Crippen molar-refractivity contribution in [3.05, 3.63) is 33.6 Å². The Bertz CT molecular complexity index is 317. The van der Waals surface area contributed by atoms with Crippen molar-refractivity contribution in [2.45, 2.75) is 13.5 Å². The van der Waals surface area contributed by atoms with E-state index in [-0.39, 0.29) is 24.6 Å². The maximum atomic E-state index is 10.4. The first-order valence-electron chi connectivity index (χ1n) is 3.45. The van der Waals surface area contributed by atoms with Gasteiger partial charge in [0.05, 0.1) is 4.92 Å². The number of hydrogen-bond acceptors (Lipinski definition) is 4. The Kier molecular flexibility index (Phi) is 4.30. The van der Waals surface area contributed by atoms with Crippen LogP contribution in [0.1, 0.15) is 11.3 Å². The highest BCUT2D eigenvalue weighted by Gasteiger charge is 2.12. The van der Waals surface area contributed by atoms with Crippen LogP contribution in [0.5, 0.6) is 0 Å². The van der Waals surface area contributed by atoms with E-state index in [1.165, 1.54) is 6.07 Å². The second-order valence-corrected chi connectivity index (χ2v) is 2.44. The Labute approximate surface area is 81.5 Å². The van der Waals surface area contributed by atoms with Gasteiger partial charge in [0.15, 0.2) is 0 Å². The van der Waals surface area contributed by atoms with Crippen LogP contribution in [0.3, 0.4) is 0 Å². The van der Waals surface area contributed by atoms with Gasteiger partial charge in [-0.1, -0.05) is 0 Å². The molecule has 0 aliphatic rings. The van der Waals surface area contributed by atoms with E-state index in [9.17, 15) is 10.1 Å². The SMILES string of the molecule is Cc1cnc(CN)c([N+](=O)[O-])c1.Cl. The molecule has 13 heavy (non-hydrogen) atoms. The molecule has 0 fully saturated rings. The lowest BCUT2D eigenvalue weighted by Gasteiger charge is -1.98. The summed E-state index contributed by atoms with van der Waals surface area (Å²) in [6, 6.07) is 1.47. The normalized spacial score (nSPS) is 9.08. The molecule has 5 nitrogen and oxygen atoms in total. The van der Waals surface area contributed by atoms with Crippen LogP contribution in [-0.4, -0.2) is 9.91 Å². The third-order valence-electron chi connectivity index (χ3n) is 1.47. The van der Waals surface area contributed by atoms with Crippen molar-refractivity contribution >= 4 is 18.1 Å². The highest BCUT2D eigenvalue weighted by atomic mass is 35.5. The maximum absolute atomic E-state index is 10.4. The van der Waals surface area contributed by atoms with Gasteiger partial charge in [-0.25, -0.2) is 0 Å². The molecule has 0 radical (unpaired) electrons. The summed E-state index contributed by atoms with van der Waals surface area (Å²) < 4.78 is 0. The highest BCUT2D eigenvalue weighted by Crippen LogP contribution is 2.16. The number of nitro groups is 1. The van der Waals surface area contributed by atoms with E-state index in [1.807, 2.05) is 0 Å². The summed E-state index contributed by atoms with van der Waals surface area (Å²) >= 11 is 0.